The summed E-state index contributed by atoms with van der Waals surface area (Å²) in [5.41, 5.74) is 0.178. The number of hydrogen-bond acceptors (Lipinski definition) is 2. The van der Waals surface area contributed by atoms with Crippen molar-refractivity contribution in [2.45, 2.75) is 52.5 Å². The minimum absolute atomic E-state index is 0.178. The van der Waals surface area contributed by atoms with E-state index in [-0.39, 0.29) is 11.3 Å². The molecule has 3 heteroatoms. The fourth-order valence-electron chi connectivity index (χ4n) is 2.30. The highest BCUT2D eigenvalue weighted by atomic mass is 16.2. The molecule has 0 atom stereocenters. The molecule has 1 N–H and O–H groups in total. The van der Waals surface area contributed by atoms with E-state index in [0.29, 0.717) is 12.6 Å². The van der Waals surface area contributed by atoms with E-state index in [1.165, 1.54) is 25.7 Å². The highest BCUT2D eigenvalue weighted by molar-refractivity contribution is 5.78. The number of carbonyl (C=O) groups excluding carboxylic acids is 1. The summed E-state index contributed by atoms with van der Waals surface area (Å²) in [6.45, 7) is 7.78. The van der Waals surface area contributed by atoms with Crippen molar-refractivity contribution in [1.29, 1.82) is 0 Å². The fourth-order valence-corrected chi connectivity index (χ4v) is 2.30. The van der Waals surface area contributed by atoms with E-state index in [0.717, 1.165) is 6.54 Å². The summed E-state index contributed by atoms with van der Waals surface area (Å²) in [6.07, 6.45) is 5.08. The van der Waals surface area contributed by atoms with Gasteiger partial charge in [-0.2, -0.15) is 0 Å². The van der Waals surface area contributed by atoms with Gasteiger partial charge in [0.1, 0.15) is 0 Å². The van der Waals surface area contributed by atoms with Crippen molar-refractivity contribution in [3.8, 4) is 0 Å². The van der Waals surface area contributed by atoms with Crippen molar-refractivity contribution in [3.05, 3.63) is 0 Å². The average Bonchev–Trinajstić information content (AvgIpc) is 2.63. The fraction of sp³-hybridized carbons (Fsp3) is 0.923. The van der Waals surface area contributed by atoms with E-state index < -0.39 is 0 Å². The number of amides is 1. The number of carbonyl (C=O) groups is 1. The molecule has 0 heterocycles. The van der Waals surface area contributed by atoms with Crippen LogP contribution < -0.4 is 5.32 Å². The van der Waals surface area contributed by atoms with Crippen LogP contribution in [0.3, 0.4) is 0 Å². The molecule has 1 amide bonds. The molecule has 0 aromatic rings. The van der Waals surface area contributed by atoms with Crippen molar-refractivity contribution in [1.82, 2.24) is 10.2 Å². The third-order valence-electron chi connectivity index (χ3n) is 3.03. The van der Waals surface area contributed by atoms with E-state index in [1.807, 2.05) is 11.9 Å². The highest BCUT2D eigenvalue weighted by Crippen LogP contribution is 2.17. The minimum atomic E-state index is 0.178. The molecule has 0 bridgehead atoms. The van der Waals surface area contributed by atoms with Crippen LogP contribution in [0, 0.1) is 5.41 Å². The van der Waals surface area contributed by atoms with Gasteiger partial charge in [-0.05, 0) is 18.3 Å². The van der Waals surface area contributed by atoms with E-state index in [1.54, 1.807) is 0 Å². The lowest BCUT2D eigenvalue weighted by Crippen LogP contribution is -2.42. The molecule has 1 aliphatic carbocycles. The third kappa shape index (κ3) is 4.97. The standard InChI is InChI=1S/C13H26N2O/c1-13(2,3)10-15(4)12(16)9-14-11-7-5-6-8-11/h11,14H,5-10H2,1-4H3. The molecule has 0 radical (unpaired) electrons. The zero-order chi connectivity index (χ0) is 12.2. The monoisotopic (exact) mass is 226 g/mol. The molecular weight excluding hydrogens is 200 g/mol. The quantitative estimate of drug-likeness (QED) is 0.795. The molecule has 16 heavy (non-hydrogen) atoms. The van der Waals surface area contributed by atoms with Gasteiger partial charge in [-0.3, -0.25) is 4.79 Å². The van der Waals surface area contributed by atoms with Crippen LogP contribution in [0.4, 0.5) is 0 Å². The first-order valence-corrected chi connectivity index (χ1v) is 6.36. The summed E-state index contributed by atoms with van der Waals surface area (Å²) in [6, 6.07) is 0.576. The zero-order valence-corrected chi connectivity index (χ0v) is 11.2. The van der Waals surface area contributed by atoms with E-state index in [4.69, 9.17) is 0 Å². The Kier molecular flexibility index (Phi) is 4.78. The topological polar surface area (TPSA) is 32.3 Å². The van der Waals surface area contributed by atoms with Crippen LogP contribution in [-0.2, 0) is 4.79 Å². The summed E-state index contributed by atoms with van der Waals surface area (Å²) < 4.78 is 0. The number of likely N-dealkylation sites (N-methyl/N-ethyl adjacent to an activating group) is 1. The Morgan fingerprint density at radius 1 is 1.31 bits per heavy atom. The summed E-state index contributed by atoms with van der Waals surface area (Å²) >= 11 is 0. The van der Waals surface area contributed by atoms with Crippen LogP contribution in [-0.4, -0.2) is 37.0 Å². The van der Waals surface area contributed by atoms with Crippen LogP contribution in [0.5, 0.6) is 0 Å². The molecule has 0 unspecified atom stereocenters. The molecule has 1 rings (SSSR count). The first-order valence-electron chi connectivity index (χ1n) is 6.36. The van der Waals surface area contributed by atoms with Gasteiger partial charge in [-0.15, -0.1) is 0 Å². The molecule has 1 saturated carbocycles. The van der Waals surface area contributed by atoms with Gasteiger partial charge in [0.2, 0.25) is 5.91 Å². The van der Waals surface area contributed by atoms with Crippen molar-refractivity contribution in [2.24, 2.45) is 5.41 Å². The van der Waals surface area contributed by atoms with Crippen molar-refractivity contribution >= 4 is 5.91 Å². The van der Waals surface area contributed by atoms with Gasteiger partial charge < -0.3 is 10.2 Å². The summed E-state index contributed by atoms with van der Waals surface area (Å²) in [5, 5.41) is 3.36. The predicted octanol–water partition coefficient (Wildman–Crippen LogP) is 2.02. The maximum absolute atomic E-state index is 11.8. The van der Waals surface area contributed by atoms with Gasteiger partial charge in [-0.25, -0.2) is 0 Å². The normalized spacial score (nSPS) is 17.8. The summed E-state index contributed by atoms with van der Waals surface area (Å²) in [4.78, 5) is 13.7. The van der Waals surface area contributed by atoms with E-state index in [9.17, 15) is 4.79 Å². The maximum atomic E-state index is 11.8. The van der Waals surface area contributed by atoms with Gasteiger partial charge in [0, 0.05) is 19.6 Å². The summed E-state index contributed by atoms with van der Waals surface area (Å²) in [5.74, 6) is 0.210. The SMILES string of the molecule is CN(CC(C)(C)C)C(=O)CNC1CCCC1. The second-order valence-corrected chi connectivity index (χ2v) is 6.17. The first kappa shape index (κ1) is 13.5. The second-order valence-electron chi connectivity index (χ2n) is 6.17. The van der Waals surface area contributed by atoms with Gasteiger partial charge in [0.25, 0.3) is 0 Å². The molecule has 3 nitrogen and oxygen atoms in total. The number of nitrogens with zero attached hydrogens (tertiary/aromatic N) is 1. The third-order valence-corrected chi connectivity index (χ3v) is 3.03. The number of nitrogens with one attached hydrogen (secondary N) is 1. The molecule has 0 aromatic heterocycles. The molecule has 0 spiro atoms. The number of hydrogen-bond donors (Lipinski definition) is 1. The Balaban J connectivity index is 2.23. The van der Waals surface area contributed by atoms with Gasteiger partial charge in [-0.1, -0.05) is 33.6 Å². The van der Waals surface area contributed by atoms with Crippen molar-refractivity contribution in [2.75, 3.05) is 20.1 Å². The van der Waals surface area contributed by atoms with Crippen molar-refractivity contribution in [3.63, 3.8) is 0 Å². The Hall–Kier alpha value is -0.570. The zero-order valence-electron chi connectivity index (χ0n) is 11.2. The van der Waals surface area contributed by atoms with E-state index >= 15 is 0 Å². The molecule has 0 saturated heterocycles. The van der Waals surface area contributed by atoms with Gasteiger partial charge in [0.15, 0.2) is 0 Å². The highest BCUT2D eigenvalue weighted by Gasteiger charge is 2.19. The Labute approximate surface area is 99.6 Å². The van der Waals surface area contributed by atoms with Crippen LogP contribution in [0.15, 0.2) is 0 Å². The Morgan fingerprint density at radius 3 is 2.38 bits per heavy atom. The van der Waals surface area contributed by atoms with E-state index in [2.05, 4.69) is 26.1 Å². The number of rotatable bonds is 4. The van der Waals surface area contributed by atoms with Crippen LogP contribution >= 0.6 is 0 Å². The van der Waals surface area contributed by atoms with Crippen LogP contribution in [0.25, 0.3) is 0 Å². The lowest BCUT2D eigenvalue weighted by molar-refractivity contribution is -0.130. The van der Waals surface area contributed by atoms with Gasteiger partial charge in [0.05, 0.1) is 6.54 Å². The molecule has 1 fully saturated rings. The Bertz CT molecular complexity index is 227. The molecular formula is C13H26N2O. The lowest BCUT2D eigenvalue weighted by atomic mass is 9.96. The molecule has 0 aromatic carbocycles. The smallest absolute Gasteiger partial charge is 0.236 e. The largest absolute Gasteiger partial charge is 0.344 e. The van der Waals surface area contributed by atoms with Crippen LogP contribution in [0.1, 0.15) is 46.5 Å². The average molecular weight is 226 g/mol. The minimum Gasteiger partial charge on any atom is -0.344 e. The molecule has 0 aliphatic heterocycles. The van der Waals surface area contributed by atoms with Crippen molar-refractivity contribution < 1.29 is 4.79 Å². The van der Waals surface area contributed by atoms with Crippen LogP contribution in [0.2, 0.25) is 0 Å². The Morgan fingerprint density at radius 2 is 1.88 bits per heavy atom. The molecule has 94 valence electrons. The predicted molar refractivity (Wildman–Crippen MR) is 67.4 cm³/mol. The second kappa shape index (κ2) is 5.67. The first-order chi connectivity index (χ1) is 7.38. The van der Waals surface area contributed by atoms with Gasteiger partial charge >= 0.3 is 0 Å². The summed E-state index contributed by atoms with van der Waals surface area (Å²) in [7, 11) is 1.89. The molecule has 1 aliphatic rings. The lowest BCUT2D eigenvalue weighted by Gasteiger charge is -2.27. The maximum Gasteiger partial charge on any atom is 0.236 e.